The summed E-state index contributed by atoms with van der Waals surface area (Å²) < 4.78 is 10.8. The number of nitrogens with one attached hydrogen (secondary N) is 1. The summed E-state index contributed by atoms with van der Waals surface area (Å²) in [5.74, 6) is 0.702. The molecule has 0 aliphatic heterocycles. The molecule has 1 N–H and O–H groups in total. The molecule has 0 aliphatic rings. The summed E-state index contributed by atoms with van der Waals surface area (Å²) >= 11 is 6.25. The fraction of sp³-hybridized carbons (Fsp3) is 0.211. The van der Waals surface area contributed by atoms with Crippen LogP contribution in [0.3, 0.4) is 0 Å². The van der Waals surface area contributed by atoms with E-state index in [2.05, 4.69) is 15.3 Å². The summed E-state index contributed by atoms with van der Waals surface area (Å²) in [5, 5.41) is 3.24. The van der Waals surface area contributed by atoms with E-state index in [1.807, 2.05) is 31.2 Å². The largest absolute Gasteiger partial charge is 0.493 e. The van der Waals surface area contributed by atoms with Gasteiger partial charge < -0.3 is 14.8 Å². The number of para-hydroxylation sites is 2. The Labute approximate surface area is 156 Å². The molecule has 0 saturated heterocycles. The Morgan fingerprint density at radius 3 is 2.73 bits per heavy atom. The summed E-state index contributed by atoms with van der Waals surface area (Å²) in [4.78, 5) is 20.9. The van der Waals surface area contributed by atoms with E-state index >= 15 is 0 Å². The number of nitrogens with zero attached hydrogens (tertiary/aromatic N) is 2. The monoisotopic (exact) mass is 371 g/mol. The first kappa shape index (κ1) is 17.9. The number of hydrogen-bond donors (Lipinski definition) is 1. The van der Waals surface area contributed by atoms with Crippen LogP contribution in [0.25, 0.3) is 11.0 Å². The minimum Gasteiger partial charge on any atom is -0.493 e. The number of amides is 1. The highest BCUT2D eigenvalue weighted by atomic mass is 35.5. The van der Waals surface area contributed by atoms with Gasteiger partial charge in [0.1, 0.15) is 5.69 Å². The number of ether oxygens (including phenoxy) is 2. The summed E-state index contributed by atoms with van der Waals surface area (Å²) in [7, 11) is 1.54. The van der Waals surface area contributed by atoms with Crippen molar-refractivity contribution in [2.45, 2.75) is 13.5 Å². The molecule has 3 aromatic rings. The van der Waals surface area contributed by atoms with Crippen LogP contribution in [0.5, 0.6) is 11.5 Å². The molecule has 0 aliphatic carbocycles. The van der Waals surface area contributed by atoms with Crippen LogP contribution in [0.15, 0.2) is 42.6 Å². The Kier molecular flexibility index (Phi) is 5.53. The fourth-order valence-electron chi connectivity index (χ4n) is 2.50. The Morgan fingerprint density at radius 2 is 2.00 bits per heavy atom. The Morgan fingerprint density at radius 1 is 1.23 bits per heavy atom. The summed E-state index contributed by atoms with van der Waals surface area (Å²) in [5.41, 5.74) is 2.46. The highest BCUT2D eigenvalue weighted by molar-refractivity contribution is 6.32. The molecular formula is C19H18ClN3O3. The van der Waals surface area contributed by atoms with Gasteiger partial charge in [-0.15, -0.1) is 0 Å². The van der Waals surface area contributed by atoms with E-state index < -0.39 is 0 Å². The van der Waals surface area contributed by atoms with Crippen LogP contribution in [-0.4, -0.2) is 29.6 Å². The van der Waals surface area contributed by atoms with Gasteiger partial charge in [-0.25, -0.2) is 4.98 Å². The van der Waals surface area contributed by atoms with Crippen molar-refractivity contribution in [2.75, 3.05) is 13.7 Å². The average molecular weight is 372 g/mol. The Bertz CT molecular complexity index is 946. The van der Waals surface area contributed by atoms with Crippen molar-refractivity contribution in [3.63, 3.8) is 0 Å². The van der Waals surface area contributed by atoms with Crippen molar-refractivity contribution < 1.29 is 14.3 Å². The first-order valence-corrected chi connectivity index (χ1v) is 8.49. The van der Waals surface area contributed by atoms with E-state index in [0.717, 1.165) is 11.1 Å². The summed E-state index contributed by atoms with van der Waals surface area (Å²) in [6.07, 6.45) is 1.46. The standard InChI is InChI=1S/C19H18ClN3O3/c1-3-26-18-13(20)8-12(9-17(18)25-2)10-22-19(24)16-11-21-14-6-4-5-7-15(14)23-16/h4-9,11H,3,10H2,1-2H3,(H,22,24). The number of hydrogen-bond acceptors (Lipinski definition) is 5. The topological polar surface area (TPSA) is 73.3 Å². The number of methoxy groups -OCH3 is 1. The molecule has 1 heterocycles. The lowest BCUT2D eigenvalue weighted by atomic mass is 10.2. The molecule has 1 aromatic heterocycles. The van der Waals surface area contributed by atoms with Crippen LogP contribution >= 0.6 is 11.6 Å². The second kappa shape index (κ2) is 8.01. The van der Waals surface area contributed by atoms with Gasteiger partial charge in [0.15, 0.2) is 11.5 Å². The number of halogens is 1. The van der Waals surface area contributed by atoms with Crippen molar-refractivity contribution in [2.24, 2.45) is 0 Å². The van der Waals surface area contributed by atoms with Crippen molar-refractivity contribution in [1.82, 2.24) is 15.3 Å². The lowest BCUT2D eigenvalue weighted by Crippen LogP contribution is -2.24. The zero-order chi connectivity index (χ0) is 18.5. The van der Waals surface area contributed by atoms with E-state index in [1.165, 1.54) is 6.20 Å². The molecule has 1 amide bonds. The van der Waals surface area contributed by atoms with Crippen LogP contribution in [0, 0.1) is 0 Å². The van der Waals surface area contributed by atoms with E-state index in [9.17, 15) is 4.79 Å². The van der Waals surface area contributed by atoms with Crippen LogP contribution in [0.4, 0.5) is 0 Å². The average Bonchev–Trinajstić information content (AvgIpc) is 2.67. The molecule has 0 radical (unpaired) electrons. The molecule has 134 valence electrons. The van der Waals surface area contributed by atoms with E-state index in [4.69, 9.17) is 21.1 Å². The van der Waals surface area contributed by atoms with Gasteiger partial charge in [-0.05, 0) is 36.8 Å². The molecule has 0 bridgehead atoms. The zero-order valence-corrected chi connectivity index (χ0v) is 15.2. The maximum Gasteiger partial charge on any atom is 0.271 e. The van der Waals surface area contributed by atoms with Crippen LogP contribution in [0.1, 0.15) is 23.0 Å². The molecule has 3 rings (SSSR count). The highest BCUT2D eigenvalue weighted by Gasteiger charge is 2.13. The molecule has 0 saturated carbocycles. The number of fused-ring (bicyclic) bond motifs is 1. The molecule has 7 heteroatoms. The summed E-state index contributed by atoms with van der Waals surface area (Å²) in [6, 6.07) is 10.9. The van der Waals surface area contributed by atoms with Gasteiger partial charge in [0, 0.05) is 6.54 Å². The molecular weight excluding hydrogens is 354 g/mol. The molecule has 26 heavy (non-hydrogen) atoms. The van der Waals surface area contributed by atoms with Gasteiger partial charge in [-0.2, -0.15) is 0 Å². The lowest BCUT2D eigenvalue weighted by molar-refractivity contribution is 0.0946. The van der Waals surface area contributed by atoms with Crippen LogP contribution < -0.4 is 14.8 Å². The van der Waals surface area contributed by atoms with Crippen molar-refractivity contribution >= 4 is 28.5 Å². The highest BCUT2D eigenvalue weighted by Crippen LogP contribution is 2.36. The van der Waals surface area contributed by atoms with Gasteiger partial charge in [0.25, 0.3) is 5.91 Å². The number of carbonyl (C=O) groups is 1. The van der Waals surface area contributed by atoms with Crippen molar-refractivity contribution in [1.29, 1.82) is 0 Å². The van der Waals surface area contributed by atoms with Crippen molar-refractivity contribution in [3.8, 4) is 11.5 Å². The number of benzene rings is 2. The third-order valence-electron chi connectivity index (χ3n) is 3.71. The normalized spacial score (nSPS) is 10.6. The minimum atomic E-state index is -0.313. The van der Waals surface area contributed by atoms with Gasteiger partial charge in [-0.1, -0.05) is 23.7 Å². The molecule has 0 unspecified atom stereocenters. The number of rotatable bonds is 6. The van der Waals surface area contributed by atoms with Crippen LogP contribution in [0.2, 0.25) is 5.02 Å². The van der Waals surface area contributed by atoms with Gasteiger partial charge in [0.2, 0.25) is 0 Å². The summed E-state index contributed by atoms with van der Waals surface area (Å²) in [6.45, 7) is 2.62. The predicted molar refractivity (Wildman–Crippen MR) is 99.9 cm³/mol. The fourth-order valence-corrected chi connectivity index (χ4v) is 2.79. The quantitative estimate of drug-likeness (QED) is 0.716. The smallest absolute Gasteiger partial charge is 0.271 e. The second-order valence-electron chi connectivity index (χ2n) is 5.47. The lowest BCUT2D eigenvalue weighted by Gasteiger charge is -2.13. The third-order valence-corrected chi connectivity index (χ3v) is 3.99. The van der Waals surface area contributed by atoms with Gasteiger partial charge >= 0.3 is 0 Å². The van der Waals surface area contributed by atoms with E-state index in [1.54, 1.807) is 19.2 Å². The first-order chi connectivity index (χ1) is 12.6. The van der Waals surface area contributed by atoms with E-state index in [-0.39, 0.29) is 18.1 Å². The Hall–Kier alpha value is -2.86. The zero-order valence-electron chi connectivity index (χ0n) is 14.5. The van der Waals surface area contributed by atoms with Crippen molar-refractivity contribution in [3.05, 3.63) is 58.9 Å². The van der Waals surface area contributed by atoms with Gasteiger partial charge in [-0.3, -0.25) is 9.78 Å². The first-order valence-electron chi connectivity index (χ1n) is 8.11. The molecule has 0 atom stereocenters. The minimum absolute atomic E-state index is 0.257. The van der Waals surface area contributed by atoms with E-state index in [0.29, 0.717) is 28.6 Å². The third kappa shape index (κ3) is 3.86. The van der Waals surface area contributed by atoms with Gasteiger partial charge in [0.05, 0.1) is 36.0 Å². The Balaban J connectivity index is 1.75. The molecule has 0 spiro atoms. The predicted octanol–water partition coefficient (Wildman–Crippen LogP) is 3.62. The maximum atomic E-state index is 12.4. The SMILES string of the molecule is CCOc1c(Cl)cc(CNC(=O)c2cnc3ccccc3n2)cc1OC. The molecule has 2 aromatic carbocycles. The molecule has 6 nitrogen and oxygen atoms in total. The van der Waals surface area contributed by atoms with Crippen LogP contribution in [-0.2, 0) is 6.54 Å². The molecule has 0 fully saturated rings. The number of aromatic nitrogens is 2. The maximum absolute atomic E-state index is 12.4. The number of carbonyl (C=O) groups excluding carboxylic acids is 1. The second-order valence-corrected chi connectivity index (χ2v) is 5.88.